The van der Waals surface area contributed by atoms with Gasteiger partial charge in [0, 0.05) is 17.5 Å². The number of benzene rings is 1. The van der Waals surface area contributed by atoms with Crippen LogP contribution in [0.4, 0.5) is 0 Å². The molecule has 1 aromatic carbocycles. The number of ketones is 1. The molecule has 0 bridgehead atoms. The molecule has 0 radical (unpaired) electrons. The number of hydrogen-bond donors (Lipinski definition) is 1. The van der Waals surface area contributed by atoms with Crippen molar-refractivity contribution in [3.8, 4) is 11.4 Å². The second-order valence-electron chi connectivity index (χ2n) is 7.72. The third kappa shape index (κ3) is 5.97. The molecule has 28 heavy (non-hydrogen) atoms. The first kappa shape index (κ1) is 21.7. The van der Waals surface area contributed by atoms with Crippen LogP contribution in [0.1, 0.15) is 76.1 Å². The fourth-order valence-corrected chi connectivity index (χ4v) is 3.85. The van der Waals surface area contributed by atoms with E-state index < -0.39 is 5.97 Å². The van der Waals surface area contributed by atoms with Crippen LogP contribution in [0.25, 0.3) is 11.4 Å². The molecule has 0 spiro atoms. The highest BCUT2D eigenvalue weighted by molar-refractivity contribution is 5.96. The van der Waals surface area contributed by atoms with E-state index in [1.54, 1.807) is 24.3 Å². The van der Waals surface area contributed by atoms with Gasteiger partial charge in [-0.25, -0.2) is 4.68 Å². The largest absolute Gasteiger partial charge is 0.480 e. The Hall–Kier alpha value is -2.57. The zero-order chi connectivity index (χ0) is 20.6. The lowest BCUT2D eigenvalue weighted by Gasteiger charge is -2.29. The first-order chi connectivity index (χ1) is 13.4. The molecule has 2 aromatic rings. The van der Waals surface area contributed by atoms with E-state index in [-0.39, 0.29) is 12.3 Å². The number of nitrogens with zero attached hydrogens (tertiary/aromatic N) is 4. The molecule has 0 saturated heterocycles. The Balaban J connectivity index is 1.97. The molecule has 7 nitrogen and oxygen atoms in total. The second kappa shape index (κ2) is 10.1. The second-order valence-corrected chi connectivity index (χ2v) is 7.72. The Morgan fingerprint density at radius 2 is 1.71 bits per heavy atom. The summed E-state index contributed by atoms with van der Waals surface area (Å²) in [5, 5.41) is 20.0. The SMILES string of the molecule is CCCC(C)(CCC)CCCC(=O)c1ccc(-c2nnnn2CC(=O)O)cc1. The van der Waals surface area contributed by atoms with Crippen molar-refractivity contribution in [2.45, 2.75) is 72.3 Å². The summed E-state index contributed by atoms with van der Waals surface area (Å²) in [6.45, 7) is 6.46. The van der Waals surface area contributed by atoms with Crippen molar-refractivity contribution < 1.29 is 14.7 Å². The summed E-state index contributed by atoms with van der Waals surface area (Å²) in [5.74, 6) is -0.512. The van der Waals surface area contributed by atoms with Crippen molar-refractivity contribution >= 4 is 11.8 Å². The van der Waals surface area contributed by atoms with Gasteiger partial charge in [-0.1, -0.05) is 57.9 Å². The quantitative estimate of drug-likeness (QED) is 0.543. The molecule has 0 aliphatic carbocycles. The van der Waals surface area contributed by atoms with Crippen LogP contribution < -0.4 is 0 Å². The van der Waals surface area contributed by atoms with Crippen LogP contribution in [-0.2, 0) is 11.3 Å². The lowest BCUT2D eigenvalue weighted by molar-refractivity contribution is -0.137. The number of carbonyl (C=O) groups is 2. The van der Waals surface area contributed by atoms with E-state index in [1.165, 1.54) is 30.4 Å². The molecule has 0 fully saturated rings. The summed E-state index contributed by atoms with van der Waals surface area (Å²) in [6, 6.07) is 7.04. The summed E-state index contributed by atoms with van der Waals surface area (Å²) in [6.07, 6.45) is 7.26. The molecule has 2 rings (SSSR count). The number of carboxylic acids is 1. The average molecular weight is 386 g/mol. The van der Waals surface area contributed by atoms with Crippen LogP contribution in [0.15, 0.2) is 24.3 Å². The van der Waals surface area contributed by atoms with Gasteiger partial charge < -0.3 is 5.11 Å². The summed E-state index contributed by atoms with van der Waals surface area (Å²) < 4.78 is 1.22. The van der Waals surface area contributed by atoms with Gasteiger partial charge in [0.2, 0.25) is 0 Å². The molecule has 0 unspecified atom stereocenters. The van der Waals surface area contributed by atoms with Crippen LogP contribution in [0, 0.1) is 5.41 Å². The van der Waals surface area contributed by atoms with Crippen LogP contribution >= 0.6 is 0 Å². The van der Waals surface area contributed by atoms with Gasteiger partial charge in [-0.2, -0.15) is 0 Å². The van der Waals surface area contributed by atoms with Crippen molar-refractivity contribution in [1.29, 1.82) is 0 Å². The summed E-state index contributed by atoms with van der Waals surface area (Å²) >= 11 is 0. The number of aromatic nitrogens is 4. The smallest absolute Gasteiger partial charge is 0.325 e. The maximum Gasteiger partial charge on any atom is 0.325 e. The lowest BCUT2D eigenvalue weighted by atomic mass is 9.77. The first-order valence-electron chi connectivity index (χ1n) is 10.00. The fraction of sp³-hybridized carbons (Fsp3) is 0.571. The third-order valence-corrected chi connectivity index (χ3v) is 5.17. The molecule has 7 heteroatoms. The van der Waals surface area contributed by atoms with Gasteiger partial charge in [0.1, 0.15) is 6.54 Å². The van der Waals surface area contributed by atoms with Crippen LogP contribution in [-0.4, -0.2) is 37.1 Å². The first-order valence-corrected chi connectivity index (χ1v) is 10.00. The van der Waals surface area contributed by atoms with Gasteiger partial charge in [0.15, 0.2) is 11.6 Å². The zero-order valence-corrected chi connectivity index (χ0v) is 17.0. The fourth-order valence-electron chi connectivity index (χ4n) is 3.85. The van der Waals surface area contributed by atoms with Gasteiger partial charge in [0.25, 0.3) is 0 Å². The molecule has 0 amide bonds. The van der Waals surface area contributed by atoms with Gasteiger partial charge in [-0.3, -0.25) is 9.59 Å². The van der Waals surface area contributed by atoms with E-state index in [2.05, 4.69) is 36.3 Å². The maximum absolute atomic E-state index is 12.5. The molecule has 0 saturated carbocycles. The highest BCUT2D eigenvalue weighted by atomic mass is 16.4. The van der Waals surface area contributed by atoms with Crippen molar-refractivity contribution in [2.75, 3.05) is 0 Å². The minimum Gasteiger partial charge on any atom is -0.480 e. The van der Waals surface area contributed by atoms with Gasteiger partial charge in [-0.15, -0.1) is 5.10 Å². The number of hydrogen-bond acceptors (Lipinski definition) is 5. The van der Waals surface area contributed by atoms with E-state index in [9.17, 15) is 9.59 Å². The monoisotopic (exact) mass is 386 g/mol. The van der Waals surface area contributed by atoms with E-state index >= 15 is 0 Å². The number of tetrazole rings is 1. The molecule has 152 valence electrons. The number of rotatable bonds is 12. The topological polar surface area (TPSA) is 98.0 Å². The Labute approximate surface area is 166 Å². The summed E-state index contributed by atoms with van der Waals surface area (Å²) in [7, 11) is 0. The minimum atomic E-state index is -1.02. The van der Waals surface area contributed by atoms with Crippen molar-refractivity contribution in [3.05, 3.63) is 29.8 Å². The number of carboxylic acid groups (broad SMARTS) is 1. The average Bonchev–Trinajstić information content (AvgIpc) is 3.09. The molecule has 1 aromatic heterocycles. The summed E-state index contributed by atoms with van der Waals surface area (Å²) in [4.78, 5) is 23.4. The van der Waals surface area contributed by atoms with Gasteiger partial charge >= 0.3 is 5.97 Å². The Bertz CT molecular complexity index is 777. The van der Waals surface area contributed by atoms with Crippen molar-refractivity contribution in [2.24, 2.45) is 5.41 Å². The molecule has 1 heterocycles. The predicted molar refractivity (Wildman–Crippen MR) is 107 cm³/mol. The molecule has 0 aliphatic heterocycles. The normalized spacial score (nSPS) is 11.5. The van der Waals surface area contributed by atoms with Crippen molar-refractivity contribution in [1.82, 2.24) is 20.2 Å². The molecule has 0 aliphatic rings. The predicted octanol–water partition coefficient (Wildman–Crippen LogP) is 4.38. The Kier molecular flexibility index (Phi) is 7.84. The van der Waals surface area contributed by atoms with Gasteiger partial charge in [-0.05, 0) is 41.5 Å². The van der Waals surface area contributed by atoms with Crippen LogP contribution in [0.3, 0.4) is 0 Å². The van der Waals surface area contributed by atoms with Gasteiger partial charge in [0.05, 0.1) is 0 Å². The number of carbonyl (C=O) groups excluding carboxylic acids is 1. The molecule has 0 atom stereocenters. The zero-order valence-electron chi connectivity index (χ0n) is 17.0. The summed E-state index contributed by atoms with van der Waals surface area (Å²) in [5.41, 5.74) is 1.67. The van der Waals surface area contributed by atoms with E-state index in [1.807, 2.05) is 0 Å². The number of Topliss-reactive ketones (excluding diaryl/α,β-unsaturated/α-hetero) is 1. The minimum absolute atomic E-state index is 0.132. The lowest BCUT2D eigenvalue weighted by Crippen LogP contribution is -2.16. The Morgan fingerprint density at radius 3 is 2.29 bits per heavy atom. The molecular formula is C21H30N4O3. The maximum atomic E-state index is 12.5. The van der Waals surface area contributed by atoms with Crippen molar-refractivity contribution in [3.63, 3.8) is 0 Å². The molecule has 1 N–H and O–H groups in total. The number of aliphatic carboxylic acids is 1. The van der Waals surface area contributed by atoms with E-state index in [0.29, 0.717) is 28.8 Å². The standard InChI is InChI=1S/C21H30N4O3/c1-4-12-21(3,13-5-2)14-6-7-18(26)16-8-10-17(11-9-16)20-22-23-24-25(20)15-19(27)28/h8-11H,4-7,12-15H2,1-3H3,(H,27,28). The van der Waals surface area contributed by atoms with Crippen LogP contribution in [0.2, 0.25) is 0 Å². The third-order valence-electron chi connectivity index (χ3n) is 5.17. The highest BCUT2D eigenvalue weighted by Crippen LogP contribution is 2.35. The highest BCUT2D eigenvalue weighted by Gasteiger charge is 2.22. The Morgan fingerprint density at radius 1 is 1.07 bits per heavy atom. The molecular weight excluding hydrogens is 356 g/mol. The van der Waals surface area contributed by atoms with Crippen LogP contribution in [0.5, 0.6) is 0 Å². The van der Waals surface area contributed by atoms with E-state index in [0.717, 1.165) is 12.8 Å². The van der Waals surface area contributed by atoms with E-state index in [4.69, 9.17) is 5.11 Å².